The first kappa shape index (κ1) is 10.2. The summed E-state index contributed by atoms with van der Waals surface area (Å²) >= 11 is 3.49. The van der Waals surface area contributed by atoms with E-state index in [1.165, 1.54) is 6.92 Å². The first-order valence-corrected chi connectivity index (χ1v) is 5.42. The predicted molar refractivity (Wildman–Crippen MR) is 66.0 cm³/mol. The number of rotatable bonds is 1. The van der Waals surface area contributed by atoms with E-state index in [0.29, 0.717) is 0 Å². The molecule has 0 atom stereocenters. The van der Waals surface area contributed by atoms with Gasteiger partial charge in [0, 0.05) is 22.5 Å². The second kappa shape index (κ2) is 4.03. The maximum atomic E-state index is 11.0. The van der Waals surface area contributed by atoms with Crippen LogP contribution in [0, 0.1) is 0 Å². The Labute approximate surface area is 96.4 Å². The lowest BCUT2D eigenvalue weighted by atomic mass is 10.1. The summed E-state index contributed by atoms with van der Waals surface area (Å²) < 4.78 is 0.990. The van der Waals surface area contributed by atoms with Gasteiger partial charge >= 0.3 is 0 Å². The van der Waals surface area contributed by atoms with E-state index in [2.05, 4.69) is 21.2 Å². The highest BCUT2D eigenvalue weighted by molar-refractivity contribution is 9.10. The zero-order valence-electron chi connectivity index (χ0n) is 8.25. The Kier molecular flexibility index (Phi) is 2.73. The highest BCUT2D eigenvalue weighted by atomic mass is 79.9. The largest absolute Gasteiger partial charge is 0.326 e. The van der Waals surface area contributed by atoms with Crippen LogP contribution in [0.4, 0.5) is 5.69 Å². The predicted octanol–water partition coefficient (Wildman–Crippen LogP) is 3.56. The summed E-state index contributed by atoms with van der Waals surface area (Å²) in [5.74, 6) is -0.0572. The fourth-order valence-electron chi connectivity index (χ4n) is 1.59. The molecular formula is C12H10BrNO. The third-order valence-electron chi connectivity index (χ3n) is 2.16. The second-order valence-electron chi connectivity index (χ2n) is 3.32. The fourth-order valence-corrected chi connectivity index (χ4v) is 2.18. The molecular weight excluding hydrogens is 254 g/mol. The number of benzene rings is 2. The molecule has 2 aromatic rings. The van der Waals surface area contributed by atoms with E-state index in [1.54, 1.807) is 0 Å². The number of fused-ring (bicyclic) bond motifs is 1. The molecule has 1 amide bonds. The van der Waals surface area contributed by atoms with Gasteiger partial charge in [0.1, 0.15) is 0 Å². The smallest absolute Gasteiger partial charge is 0.221 e. The van der Waals surface area contributed by atoms with Crippen LogP contribution in [0.15, 0.2) is 40.9 Å². The van der Waals surface area contributed by atoms with E-state index < -0.39 is 0 Å². The molecule has 0 heterocycles. The Bertz CT molecular complexity index is 517. The number of nitrogens with one attached hydrogen (secondary N) is 1. The molecule has 1 N–H and O–H groups in total. The van der Waals surface area contributed by atoms with Crippen molar-refractivity contribution >= 4 is 38.3 Å². The molecule has 0 saturated heterocycles. The van der Waals surface area contributed by atoms with Gasteiger partial charge in [-0.05, 0) is 17.5 Å². The SMILES string of the molecule is CC(=O)Nc1cccc2cccc(Br)c12. The molecule has 3 heteroatoms. The van der Waals surface area contributed by atoms with Crippen LogP contribution in [0.5, 0.6) is 0 Å². The van der Waals surface area contributed by atoms with Gasteiger partial charge < -0.3 is 5.32 Å². The monoisotopic (exact) mass is 263 g/mol. The number of hydrogen-bond donors (Lipinski definition) is 1. The molecule has 0 aromatic heterocycles. The Morgan fingerprint density at radius 2 is 1.87 bits per heavy atom. The molecule has 2 aromatic carbocycles. The molecule has 15 heavy (non-hydrogen) atoms. The Morgan fingerprint density at radius 3 is 2.53 bits per heavy atom. The summed E-state index contributed by atoms with van der Waals surface area (Å²) in [6, 6.07) is 11.8. The molecule has 0 aliphatic carbocycles. The lowest BCUT2D eigenvalue weighted by Gasteiger charge is -2.08. The van der Waals surface area contributed by atoms with Gasteiger partial charge in [0.25, 0.3) is 0 Å². The summed E-state index contributed by atoms with van der Waals surface area (Å²) in [5, 5.41) is 4.96. The summed E-state index contributed by atoms with van der Waals surface area (Å²) in [6.45, 7) is 1.51. The average Bonchev–Trinajstić information content (AvgIpc) is 2.17. The van der Waals surface area contributed by atoms with Crippen molar-refractivity contribution < 1.29 is 4.79 Å². The van der Waals surface area contributed by atoms with Gasteiger partial charge in [-0.1, -0.05) is 40.2 Å². The summed E-state index contributed by atoms with van der Waals surface area (Å²) in [4.78, 5) is 11.0. The van der Waals surface area contributed by atoms with Gasteiger partial charge in [-0.15, -0.1) is 0 Å². The van der Waals surface area contributed by atoms with E-state index in [1.807, 2.05) is 36.4 Å². The van der Waals surface area contributed by atoms with Crippen molar-refractivity contribution in [2.24, 2.45) is 0 Å². The zero-order chi connectivity index (χ0) is 10.8. The van der Waals surface area contributed by atoms with E-state index in [9.17, 15) is 4.79 Å². The third-order valence-corrected chi connectivity index (χ3v) is 2.83. The number of amides is 1. The van der Waals surface area contributed by atoms with Crippen molar-refractivity contribution in [2.45, 2.75) is 6.92 Å². The molecule has 0 aliphatic rings. The highest BCUT2D eigenvalue weighted by Gasteiger charge is 2.04. The quantitative estimate of drug-likeness (QED) is 0.838. The number of carbonyl (C=O) groups is 1. The van der Waals surface area contributed by atoms with E-state index in [-0.39, 0.29) is 5.91 Å². The zero-order valence-corrected chi connectivity index (χ0v) is 9.84. The third kappa shape index (κ3) is 2.02. The number of anilines is 1. The standard InChI is InChI=1S/C12H10BrNO/c1-8(15)14-11-7-3-5-9-4-2-6-10(13)12(9)11/h2-7H,1H3,(H,14,15). The normalized spacial score (nSPS) is 10.3. The summed E-state index contributed by atoms with van der Waals surface area (Å²) in [6.07, 6.45) is 0. The summed E-state index contributed by atoms with van der Waals surface area (Å²) in [7, 11) is 0. The number of carbonyl (C=O) groups excluding carboxylic acids is 1. The first-order valence-electron chi connectivity index (χ1n) is 4.63. The molecule has 76 valence electrons. The lowest BCUT2D eigenvalue weighted by molar-refractivity contribution is -0.114. The van der Waals surface area contributed by atoms with E-state index in [0.717, 1.165) is 20.9 Å². The van der Waals surface area contributed by atoms with Gasteiger partial charge in [0.2, 0.25) is 5.91 Å². The van der Waals surface area contributed by atoms with Gasteiger partial charge in [0.05, 0.1) is 0 Å². The average molecular weight is 264 g/mol. The molecule has 0 saturated carbocycles. The van der Waals surface area contributed by atoms with Crippen molar-refractivity contribution in [1.82, 2.24) is 0 Å². The van der Waals surface area contributed by atoms with Crippen LogP contribution in [0.25, 0.3) is 10.8 Å². The van der Waals surface area contributed by atoms with Crippen LogP contribution < -0.4 is 5.32 Å². The van der Waals surface area contributed by atoms with E-state index in [4.69, 9.17) is 0 Å². The van der Waals surface area contributed by atoms with Crippen molar-refractivity contribution in [3.05, 3.63) is 40.9 Å². The van der Waals surface area contributed by atoms with Gasteiger partial charge in [0.15, 0.2) is 0 Å². The van der Waals surface area contributed by atoms with Crippen molar-refractivity contribution in [3.8, 4) is 0 Å². The molecule has 0 bridgehead atoms. The molecule has 0 spiro atoms. The van der Waals surface area contributed by atoms with Crippen LogP contribution in [-0.4, -0.2) is 5.91 Å². The maximum absolute atomic E-state index is 11.0. The summed E-state index contributed by atoms with van der Waals surface area (Å²) in [5.41, 5.74) is 0.840. The van der Waals surface area contributed by atoms with Crippen LogP contribution >= 0.6 is 15.9 Å². The van der Waals surface area contributed by atoms with Crippen molar-refractivity contribution in [2.75, 3.05) is 5.32 Å². The van der Waals surface area contributed by atoms with Gasteiger partial charge in [-0.2, -0.15) is 0 Å². The highest BCUT2D eigenvalue weighted by Crippen LogP contribution is 2.30. The Hall–Kier alpha value is -1.35. The maximum Gasteiger partial charge on any atom is 0.221 e. The minimum absolute atomic E-state index is 0.0572. The van der Waals surface area contributed by atoms with Crippen LogP contribution in [0.1, 0.15) is 6.92 Å². The molecule has 2 nitrogen and oxygen atoms in total. The van der Waals surface area contributed by atoms with Crippen LogP contribution in [0.3, 0.4) is 0 Å². The van der Waals surface area contributed by atoms with Gasteiger partial charge in [-0.25, -0.2) is 0 Å². The minimum atomic E-state index is -0.0572. The fraction of sp³-hybridized carbons (Fsp3) is 0.0833. The molecule has 0 aliphatic heterocycles. The molecule has 0 fully saturated rings. The van der Waals surface area contributed by atoms with Crippen LogP contribution in [0.2, 0.25) is 0 Å². The Balaban J connectivity index is 2.68. The van der Waals surface area contributed by atoms with E-state index >= 15 is 0 Å². The molecule has 2 rings (SSSR count). The Morgan fingerprint density at radius 1 is 1.20 bits per heavy atom. The van der Waals surface area contributed by atoms with Crippen molar-refractivity contribution in [1.29, 1.82) is 0 Å². The number of hydrogen-bond acceptors (Lipinski definition) is 1. The van der Waals surface area contributed by atoms with Crippen molar-refractivity contribution in [3.63, 3.8) is 0 Å². The number of halogens is 1. The molecule has 0 radical (unpaired) electrons. The topological polar surface area (TPSA) is 29.1 Å². The molecule has 0 unspecified atom stereocenters. The lowest BCUT2D eigenvalue weighted by Crippen LogP contribution is -2.06. The first-order chi connectivity index (χ1) is 7.18. The minimum Gasteiger partial charge on any atom is -0.326 e. The second-order valence-corrected chi connectivity index (χ2v) is 4.18. The van der Waals surface area contributed by atoms with Gasteiger partial charge in [-0.3, -0.25) is 4.79 Å². The van der Waals surface area contributed by atoms with Crippen LogP contribution in [-0.2, 0) is 4.79 Å².